The van der Waals surface area contributed by atoms with Crippen LogP contribution in [0.15, 0.2) is 18.5 Å². The van der Waals surface area contributed by atoms with Gasteiger partial charge in [0.25, 0.3) is 0 Å². The smallest absolute Gasteiger partial charge is 0.0717 e. The Morgan fingerprint density at radius 1 is 1.25 bits per heavy atom. The van der Waals surface area contributed by atoms with Crippen LogP contribution in [0.5, 0.6) is 0 Å². The van der Waals surface area contributed by atoms with Crippen LogP contribution in [0.1, 0.15) is 44.1 Å². The summed E-state index contributed by atoms with van der Waals surface area (Å²) in [5.41, 5.74) is 1.94. The van der Waals surface area contributed by atoms with E-state index in [9.17, 15) is 5.11 Å². The van der Waals surface area contributed by atoms with Gasteiger partial charge in [-0.25, -0.2) is 0 Å². The number of aliphatic hydroxyl groups is 1. The maximum Gasteiger partial charge on any atom is 0.0717 e. The third kappa shape index (κ3) is 2.95. The van der Waals surface area contributed by atoms with Gasteiger partial charge in [0.05, 0.1) is 6.61 Å². The second kappa shape index (κ2) is 5.85. The molecule has 0 aliphatic heterocycles. The number of anilines is 1. The SMILES string of the molecule is OCc1cnccc1NC1CCCCCC1. The number of aromatic nitrogens is 1. The van der Waals surface area contributed by atoms with Crippen LogP contribution >= 0.6 is 0 Å². The minimum Gasteiger partial charge on any atom is -0.392 e. The van der Waals surface area contributed by atoms with E-state index in [4.69, 9.17) is 0 Å². The van der Waals surface area contributed by atoms with Gasteiger partial charge in [0, 0.05) is 29.7 Å². The molecule has 1 aliphatic carbocycles. The van der Waals surface area contributed by atoms with Gasteiger partial charge in [-0.1, -0.05) is 25.7 Å². The summed E-state index contributed by atoms with van der Waals surface area (Å²) in [6.07, 6.45) is 11.4. The zero-order chi connectivity index (χ0) is 11.2. The number of nitrogens with one attached hydrogen (secondary N) is 1. The van der Waals surface area contributed by atoms with E-state index in [-0.39, 0.29) is 6.61 Å². The predicted molar refractivity (Wildman–Crippen MR) is 65.3 cm³/mol. The zero-order valence-corrected chi connectivity index (χ0v) is 9.65. The molecule has 88 valence electrons. The molecule has 16 heavy (non-hydrogen) atoms. The molecular formula is C13H20N2O. The highest BCUT2D eigenvalue weighted by Crippen LogP contribution is 2.22. The molecule has 0 unspecified atom stereocenters. The second-order valence-electron chi connectivity index (χ2n) is 4.52. The number of aliphatic hydroxyl groups excluding tert-OH is 1. The molecule has 1 aliphatic rings. The summed E-state index contributed by atoms with van der Waals surface area (Å²) in [6, 6.07) is 2.52. The van der Waals surface area contributed by atoms with Crippen LogP contribution in [0.2, 0.25) is 0 Å². The average Bonchev–Trinajstić information content (AvgIpc) is 2.58. The lowest BCUT2D eigenvalue weighted by Gasteiger charge is -2.19. The third-order valence-corrected chi connectivity index (χ3v) is 3.29. The van der Waals surface area contributed by atoms with Gasteiger partial charge in [0.1, 0.15) is 0 Å². The lowest BCUT2D eigenvalue weighted by molar-refractivity contribution is 0.282. The fourth-order valence-electron chi connectivity index (χ4n) is 2.34. The van der Waals surface area contributed by atoms with E-state index < -0.39 is 0 Å². The molecule has 3 nitrogen and oxygen atoms in total. The van der Waals surface area contributed by atoms with Crippen molar-refractivity contribution in [2.75, 3.05) is 5.32 Å². The standard InChI is InChI=1S/C13H20N2O/c16-10-11-9-14-8-7-13(11)15-12-5-3-1-2-4-6-12/h7-9,12,16H,1-6,10H2,(H,14,15). The van der Waals surface area contributed by atoms with E-state index in [2.05, 4.69) is 10.3 Å². The molecule has 2 N–H and O–H groups in total. The normalized spacial score (nSPS) is 18.1. The number of pyridine rings is 1. The number of hydrogen-bond donors (Lipinski definition) is 2. The molecule has 0 spiro atoms. The van der Waals surface area contributed by atoms with Gasteiger partial charge in [0.2, 0.25) is 0 Å². The van der Waals surface area contributed by atoms with Gasteiger partial charge in [-0.05, 0) is 18.9 Å². The number of rotatable bonds is 3. The second-order valence-corrected chi connectivity index (χ2v) is 4.52. The fourth-order valence-corrected chi connectivity index (χ4v) is 2.34. The van der Waals surface area contributed by atoms with Crippen molar-refractivity contribution < 1.29 is 5.11 Å². The lowest BCUT2D eigenvalue weighted by atomic mass is 10.1. The van der Waals surface area contributed by atoms with Crippen LogP contribution in [0.4, 0.5) is 5.69 Å². The first-order valence-corrected chi connectivity index (χ1v) is 6.20. The number of nitrogens with zero attached hydrogens (tertiary/aromatic N) is 1. The molecule has 1 aromatic rings. The zero-order valence-electron chi connectivity index (χ0n) is 9.65. The van der Waals surface area contributed by atoms with Crippen molar-refractivity contribution in [1.29, 1.82) is 0 Å². The summed E-state index contributed by atoms with van der Waals surface area (Å²) in [5, 5.41) is 12.8. The highest BCUT2D eigenvalue weighted by Gasteiger charge is 2.13. The van der Waals surface area contributed by atoms with E-state index in [1.165, 1.54) is 38.5 Å². The monoisotopic (exact) mass is 220 g/mol. The topological polar surface area (TPSA) is 45.2 Å². The summed E-state index contributed by atoms with van der Waals surface area (Å²) in [6.45, 7) is 0.0584. The van der Waals surface area contributed by atoms with Crippen LogP contribution in [0.3, 0.4) is 0 Å². The molecule has 1 fully saturated rings. The van der Waals surface area contributed by atoms with Crippen molar-refractivity contribution in [2.24, 2.45) is 0 Å². The van der Waals surface area contributed by atoms with Gasteiger partial charge < -0.3 is 10.4 Å². The molecule has 0 radical (unpaired) electrons. The van der Waals surface area contributed by atoms with E-state index >= 15 is 0 Å². The van der Waals surface area contributed by atoms with Crippen molar-refractivity contribution in [3.63, 3.8) is 0 Å². The third-order valence-electron chi connectivity index (χ3n) is 3.29. The summed E-state index contributed by atoms with van der Waals surface area (Å²) in [7, 11) is 0. The van der Waals surface area contributed by atoms with Crippen LogP contribution in [-0.2, 0) is 6.61 Å². The average molecular weight is 220 g/mol. The highest BCUT2D eigenvalue weighted by atomic mass is 16.3. The molecule has 0 aromatic carbocycles. The first-order valence-electron chi connectivity index (χ1n) is 6.20. The summed E-state index contributed by atoms with van der Waals surface area (Å²) < 4.78 is 0. The Morgan fingerprint density at radius 2 is 2.00 bits per heavy atom. The maximum absolute atomic E-state index is 9.22. The van der Waals surface area contributed by atoms with Crippen molar-refractivity contribution in [2.45, 2.75) is 51.2 Å². The first-order chi connectivity index (χ1) is 7.90. The van der Waals surface area contributed by atoms with Gasteiger partial charge in [-0.3, -0.25) is 4.98 Å². The molecule has 0 saturated heterocycles. The van der Waals surface area contributed by atoms with Gasteiger partial charge in [-0.15, -0.1) is 0 Å². The Hall–Kier alpha value is -1.09. The van der Waals surface area contributed by atoms with Gasteiger partial charge in [0.15, 0.2) is 0 Å². The van der Waals surface area contributed by atoms with E-state index in [1.807, 2.05) is 6.07 Å². The van der Waals surface area contributed by atoms with Crippen LogP contribution in [-0.4, -0.2) is 16.1 Å². The van der Waals surface area contributed by atoms with Gasteiger partial charge in [-0.2, -0.15) is 0 Å². The molecule has 0 amide bonds. The Labute approximate surface area is 96.9 Å². The van der Waals surface area contributed by atoms with Crippen molar-refractivity contribution in [3.05, 3.63) is 24.0 Å². The quantitative estimate of drug-likeness (QED) is 0.770. The maximum atomic E-state index is 9.22. The Morgan fingerprint density at radius 3 is 2.69 bits per heavy atom. The molecule has 2 rings (SSSR count). The van der Waals surface area contributed by atoms with Crippen LogP contribution in [0, 0.1) is 0 Å². The van der Waals surface area contributed by atoms with E-state index in [1.54, 1.807) is 12.4 Å². The summed E-state index contributed by atoms with van der Waals surface area (Å²) in [5.74, 6) is 0. The highest BCUT2D eigenvalue weighted by molar-refractivity contribution is 5.49. The fraction of sp³-hybridized carbons (Fsp3) is 0.615. The van der Waals surface area contributed by atoms with E-state index in [0.29, 0.717) is 6.04 Å². The molecule has 1 aromatic heterocycles. The van der Waals surface area contributed by atoms with Crippen LogP contribution in [0.25, 0.3) is 0 Å². The first kappa shape index (κ1) is 11.4. The van der Waals surface area contributed by atoms with Crippen molar-refractivity contribution in [1.82, 2.24) is 4.98 Å². The lowest BCUT2D eigenvalue weighted by Crippen LogP contribution is -2.19. The molecule has 1 saturated carbocycles. The Balaban J connectivity index is 2.01. The van der Waals surface area contributed by atoms with Gasteiger partial charge >= 0.3 is 0 Å². The largest absolute Gasteiger partial charge is 0.392 e. The number of hydrogen-bond acceptors (Lipinski definition) is 3. The minimum atomic E-state index is 0.0584. The van der Waals surface area contributed by atoms with E-state index in [0.717, 1.165) is 11.3 Å². The molecular weight excluding hydrogens is 200 g/mol. The predicted octanol–water partition coefficient (Wildman–Crippen LogP) is 2.71. The molecule has 0 bridgehead atoms. The Kier molecular flexibility index (Phi) is 4.17. The molecule has 3 heteroatoms. The summed E-state index contributed by atoms with van der Waals surface area (Å²) >= 11 is 0. The molecule has 0 atom stereocenters. The van der Waals surface area contributed by atoms with Crippen LogP contribution < -0.4 is 5.32 Å². The van der Waals surface area contributed by atoms with Crippen molar-refractivity contribution >= 4 is 5.69 Å². The summed E-state index contributed by atoms with van der Waals surface area (Å²) in [4.78, 5) is 4.03. The Bertz CT molecular complexity index is 319. The molecule has 1 heterocycles. The van der Waals surface area contributed by atoms with Crippen molar-refractivity contribution in [3.8, 4) is 0 Å². The minimum absolute atomic E-state index is 0.0584.